The van der Waals surface area contributed by atoms with Gasteiger partial charge in [-0.2, -0.15) is 0 Å². The fraction of sp³-hybridized carbons (Fsp3) is 0.320. The van der Waals surface area contributed by atoms with Crippen molar-refractivity contribution in [1.82, 2.24) is 10.6 Å². The average molecular weight is 450 g/mol. The third-order valence-electron chi connectivity index (χ3n) is 5.65. The minimum atomic E-state index is -1.39. The van der Waals surface area contributed by atoms with Crippen LogP contribution in [-0.4, -0.2) is 55.5 Å². The first-order valence-electron chi connectivity index (χ1n) is 10.5. The monoisotopic (exact) mass is 450 g/mol. The molecule has 1 aliphatic rings. The molecule has 2 aromatic rings. The highest BCUT2D eigenvalue weighted by Gasteiger charge is 2.39. The summed E-state index contributed by atoms with van der Waals surface area (Å²) < 4.78 is 10.7. The van der Waals surface area contributed by atoms with E-state index in [1.807, 2.05) is 54.5 Å². The van der Waals surface area contributed by atoms with E-state index in [9.17, 15) is 14.4 Å². The number of methoxy groups -OCH3 is 1. The van der Waals surface area contributed by atoms with Crippen molar-refractivity contribution in [1.29, 1.82) is 0 Å². The van der Waals surface area contributed by atoms with E-state index in [1.165, 1.54) is 7.11 Å². The topological polar surface area (TPSA) is 114 Å². The normalized spacial score (nSPS) is 13.5. The van der Waals surface area contributed by atoms with Crippen molar-refractivity contribution in [3.63, 3.8) is 0 Å². The lowest BCUT2D eigenvalue weighted by Crippen LogP contribution is -2.61. The van der Waals surface area contributed by atoms with E-state index in [2.05, 4.69) is 16.6 Å². The van der Waals surface area contributed by atoms with E-state index in [0.29, 0.717) is 0 Å². The molecule has 172 valence electrons. The van der Waals surface area contributed by atoms with E-state index in [-0.39, 0.29) is 32.1 Å². The number of carbonyl (C=O) groups is 3. The summed E-state index contributed by atoms with van der Waals surface area (Å²) in [6, 6.07) is 16.0. The van der Waals surface area contributed by atoms with Crippen LogP contribution >= 0.6 is 0 Å². The summed E-state index contributed by atoms with van der Waals surface area (Å²) in [7, 11) is 1.42. The SMILES string of the molecule is CCC(COC)(NC(=O)OCC1c2ccccc2-c2ccccc21)C(=O)NCC#CC(=O)O. The van der Waals surface area contributed by atoms with Gasteiger partial charge in [0.25, 0.3) is 0 Å². The Kier molecular flexibility index (Phi) is 7.70. The van der Waals surface area contributed by atoms with E-state index >= 15 is 0 Å². The zero-order valence-electron chi connectivity index (χ0n) is 18.5. The molecule has 3 N–H and O–H groups in total. The summed E-state index contributed by atoms with van der Waals surface area (Å²) >= 11 is 0. The maximum absolute atomic E-state index is 12.8. The van der Waals surface area contributed by atoms with Gasteiger partial charge in [-0.3, -0.25) is 4.79 Å². The maximum Gasteiger partial charge on any atom is 0.408 e. The third kappa shape index (κ3) is 5.33. The molecular formula is C25H26N2O6. The van der Waals surface area contributed by atoms with Gasteiger partial charge in [0.2, 0.25) is 5.91 Å². The largest absolute Gasteiger partial charge is 0.472 e. The number of nitrogens with one attached hydrogen (secondary N) is 2. The van der Waals surface area contributed by atoms with Gasteiger partial charge in [-0.25, -0.2) is 9.59 Å². The number of rotatable bonds is 8. The van der Waals surface area contributed by atoms with E-state index < -0.39 is 23.5 Å². The number of benzene rings is 2. The average Bonchev–Trinajstić information content (AvgIpc) is 3.13. The van der Waals surface area contributed by atoms with Crippen molar-refractivity contribution in [3.05, 3.63) is 59.7 Å². The molecule has 8 nitrogen and oxygen atoms in total. The Hall–Kier alpha value is -3.83. The highest BCUT2D eigenvalue weighted by Crippen LogP contribution is 2.44. The molecule has 1 aliphatic carbocycles. The van der Waals surface area contributed by atoms with E-state index in [4.69, 9.17) is 14.6 Å². The number of carboxylic acids is 1. The first kappa shape index (κ1) is 23.8. The molecule has 0 heterocycles. The molecule has 0 spiro atoms. The van der Waals surface area contributed by atoms with E-state index in [0.717, 1.165) is 22.3 Å². The summed E-state index contributed by atoms with van der Waals surface area (Å²) in [6.07, 6.45) is -0.522. The van der Waals surface area contributed by atoms with Gasteiger partial charge in [-0.05, 0) is 28.7 Å². The lowest BCUT2D eigenvalue weighted by molar-refractivity contribution is -0.131. The molecule has 0 saturated heterocycles. The molecular weight excluding hydrogens is 424 g/mol. The lowest BCUT2D eigenvalue weighted by Gasteiger charge is -2.31. The highest BCUT2D eigenvalue weighted by atomic mass is 16.5. The van der Waals surface area contributed by atoms with Gasteiger partial charge in [-0.15, -0.1) is 0 Å². The van der Waals surface area contributed by atoms with Crippen molar-refractivity contribution in [3.8, 4) is 23.0 Å². The summed E-state index contributed by atoms with van der Waals surface area (Å²) in [5, 5.41) is 13.7. The molecule has 0 aromatic heterocycles. The van der Waals surface area contributed by atoms with Crippen LogP contribution in [0, 0.1) is 11.8 Å². The van der Waals surface area contributed by atoms with Crippen LogP contribution in [0.4, 0.5) is 4.79 Å². The Morgan fingerprint density at radius 1 is 1.06 bits per heavy atom. The van der Waals surface area contributed by atoms with Crippen molar-refractivity contribution < 1.29 is 29.0 Å². The van der Waals surface area contributed by atoms with Gasteiger partial charge in [0.05, 0.1) is 13.2 Å². The number of alkyl carbamates (subject to hydrolysis) is 1. The highest BCUT2D eigenvalue weighted by molar-refractivity contribution is 5.91. The second kappa shape index (κ2) is 10.7. The molecule has 33 heavy (non-hydrogen) atoms. The van der Waals surface area contributed by atoms with Gasteiger partial charge < -0.3 is 25.2 Å². The van der Waals surface area contributed by atoms with Crippen LogP contribution in [0.5, 0.6) is 0 Å². The number of hydrogen-bond acceptors (Lipinski definition) is 5. The summed E-state index contributed by atoms with van der Waals surface area (Å²) in [4.78, 5) is 36.0. The van der Waals surface area contributed by atoms with Crippen LogP contribution in [0.3, 0.4) is 0 Å². The zero-order chi connectivity index (χ0) is 23.8. The number of carboxylic acid groups (broad SMARTS) is 1. The quantitative estimate of drug-likeness (QED) is 0.533. The molecule has 0 fully saturated rings. The fourth-order valence-electron chi connectivity index (χ4n) is 4.00. The standard InChI is InChI=1S/C25H26N2O6/c1-3-25(16-32-2,23(30)26-14-8-13-22(28)29)27-24(31)33-15-21-19-11-6-4-9-17(19)18-10-5-7-12-20(18)21/h4-7,9-12,21H,3,14-16H2,1-2H3,(H,26,30)(H,27,31)(H,28,29). The van der Waals surface area contributed by atoms with Crippen LogP contribution in [0.25, 0.3) is 11.1 Å². The van der Waals surface area contributed by atoms with Gasteiger partial charge in [0, 0.05) is 18.9 Å². The summed E-state index contributed by atoms with van der Waals surface area (Å²) in [5.74, 6) is 2.30. The Morgan fingerprint density at radius 2 is 1.67 bits per heavy atom. The number of hydrogen-bond donors (Lipinski definition) is 3. The molecule has 8 heteroatoms. The molecule has 1 atom stereocenters. The first-order chi connectivity index (χ1) is 15.9. The van der Waals surface area contributed by atoms with Crippen LogP contribution in [0.15, 0.2) is 48.5 Å². The fourth-order valence-corrected chi connectivity index (χ4v) is 4.00. The Labute approximate surface area is 192 Å². The van der Waals surface area contributed by atoms with Crippen molar-refractivity contribution >= 4 is 18.0 Å². The Bertz CT molecular complexity index is 1060. The number of aliphatic carboxylic acids is 1. The predicted molar refractivity (Wildman–Crippen MR) is 122 cm³/mol. The second-order valence-corrected chi connectivity index (χ2v) is 7.61. The minimum Gasteiger partial charge on any atom is -0.472 e. The lowest BCUT2D eigenvalue weighted by atomic mass is 9.96. The van der Waals surface area contributed by atoms with Crippen LogP contribution in [0.1, 0.15) is 30.4 Å². The predicted octanol–water partition coefficient (Wildman–Crippen LogP) is 2.52. The molecule has 0 bridgehead atoms. The molecule has 0 radical (unpaired) electrons. The van der Waals surface area contributed by atoms with Crippen LogP contribution < -0.4 is 10.6 Å². The number of ether oxygens (including phenoxy) is 2. The molecule has 2 aromatic carbocycles. The molecule has 1 unspecified atom stereocenters. The molecule has 0 saturated carbocycles. The molecule has 0 aliphatic heterocycles. The minimum absolute atomic E-state index is 0.0914. The maximum atomic E-state index is 12.8. The number of amides is 2. The zero-order valence-corrected chi connectivity index (χ0v) is 18.5. The van der Waals surface area contributed by atoms with Gasteiger partial charge in [0.15, 0.2) is 0 Å². The van der Waals surface area contributed by atoms with Crippen LogP contribution in [0.2, 0.25) is 0 Å². The van der Waals surface area contributed by atoms with Gasteiger partial charge in [-0.1, -0.05) is 61.4 Å². The van der Waals surface area contributed by atoms with Crippen molar-refractivity contribution in [2.45, 2.75) is 24.8 Å². The Balaban J connectivity index is 1.69. The summed E-state index contributed by atoms with van der Waals surface area (Å²) in [6.45, 7) is 1.57. The number of fused-ring (bicyclic) bond motifs is 3. The Morgan fingerprint density at radius 3 is 2.21 bits per heavy atom. The summed E-state index contributed by atoms with van der Waals surface area (Å²) in [5.41, 5.74) is 3.01. The van der Waals surface area contributed by atoms with E-state index in [1.54, 1.807) is 6.92 Å². The third-order valence-corrected chi connectivity index (χ3v) is 5.65. The second-order valence-electron chi connectivity index (χ2n) is 7.61. The first-order valence-corrected chi connectivity index (χ1v) is 10.5. The van der Waals surface area contributed by atoms with Gasteiger partial charge >= 0.3 is 12.1 Å². The smallest absolute Gasteiger partial charge is 0.408 e. The van der Waals surface area contributed by atoms with Gasteiger partial charge in [0.1, 0.15) is 12.1 Å². The van der Waals surface area contributed by atoms with Crippen LogP contribution in [-0.2, 0) is 19.1 Å². The molecule has 2 amide bonds. The van der Waals surface area contributed by atoms with Crippen molar-refractivity contribution in [2.75, 3.05) is 26.9 Å². The van der Waals surface area contributed by atoms with Crippen molar-refractivity contribution in [2.24, 2.45) is 0 Å². The molecule has 3 rings (SSSR count). The number of carbonyl (C=O) groups excluding carboxylic acids is 2.